The number of imide groups is 2. The molecule has 342 valence electrons. The number of amides is 6. The van der Waals surface area contributed by atoms with Crippen molar-refractivity contribution in [1.29, 1.82) is 5.26 Å². The first-order valence-electron chi connectivity index (χ1n) is 21.8. The van der Waals surface area contributed by atoms with Crippen LogP contribution in [-0.4, -0.2) is 119 Å². The largest absolute Gasteiger partial charge is 0.496 e. The Labute approximate surface area is 384 Å². The number of carbonyl (C=O) groups excluding carboxylic acids is 6. The maximum atomic E-state index is 14.9. The second kappa shape index (κ2) is 20.4. The highest BCUT2D eigenvalue weighted by atomic mass is 19.1. The van der Waals surface area contributed by atoms with E-state index in [1.165, 1.54) is 31.5 Å². The molecule has 3 aliphatic heterocycles. The molecule has 18 nitrogen and oxygen atoms in total. The number of unbranched alkanes of at least 4 members (excludes halogenated alkanes) is 2. The third kappa shape index (κ3) is 9.94. The Morgan fingerprint density at radius 1 is 0.896 bits per heavy atom. The Bertz CT molecular complexity index is 2810. The SMILES string of the molecule is COc1cccc(F)c1-c1nccc(C(=O)Nc2ccc(-c3cnccc3C#N)cc2N2CCN(CC(=O)NCCCCCNc3cccc4c3C(=O)N(C3CCC(=O)NC3=O)C4=O)CC2)n1. The van der Waals surface area contributed by atoms with E-state index in [1.807, 2.05) is 6.07 Å². The molecule has 0 aliphatic carbocycles. The molecule has 3 aromatic carbocycles. The van der Waals surface area contributed by atoms with Crippen LogP contribution in [-0.2, 0) is 14.4 Å². The van der Waals surface area contributed by atoms with Crippen LogP contribution in [0.5, 0.6) is 5.75 Å². The summed E-state index contributed by atoms with van der Waals surface area (Å²) in [6.07, 6.45) is 6.90. The van der Waals surface area contributed by atoms with Gasteiger partial charge in [-0.2, -0.15) is 5.26 Å². The number of benzene rings is 3. The molecular weight excluding hydrogens is 862 g/mol. The van der Waals surface area contributed by atoms with E-state index < -0.39 is 41.4 Å². The molecule has 0 radical (unpaired) electrons. The first-order valence-corrected chi connectivity index (χ1v) is 21.8. The third-order valence-electron chi connectivity index (χ3n) is 11.8. The van der Waals surface area contributed by atoms with E-state index in [1.54, 1.807) is 54.9 Å². The zero-order valence-electron chi connectivity index (χ0n) is 36.5. The Balaban J connectivity index is 0.834. The number of nitriles is 1. The summed E-state index contributed by atoms with van der Waals surface area (Å²) >= 11 is 0. The van der Waals surface area contributed by atoms with Crippen molar-refractivity contribution in [2.45, 2.75) is 38.1 Å². The van der Waals surface area contributed by atoms with E-state index in [0.29, 0.717) is 67.5 Å². The van der Waals surface area contributed by atoms with Gasteiger partial charge >= 0.3 is 0 Å². The van der Waals surface area contributed by atoms with E-state index >= 15 is 0 Å². The van der Waals surface area contributed by atoms with Gasteiger partial charge in [-0.3, -0.25) is 48.9 Å². The third-order valence-corrected chi connectivity index (χ3v) is 11.8. The van der Waals surface area contributed by atoms with Crippen molar-refractivity contribution in [2.75, 3.05) is 68.5 Å². The number of ether oxygens (including phenoxy) is 1. The molecule has 0 saturated carbocycles. The fourth-order valence-corrected chi connectivity index (χ4v) is 8.42. The fraction of sp³-hybridized carbons (Fsp3) is 0.292. The van der Waals surface area contributed by atoms with Gasteiger partial charge in [-0.25, -0.2) is 14.4 Å². The van der Waals surface area contributed by atoms with Gasteiger partial charge in [-0.05, 0) is 79.8 Å². The number of piperidine rings is 1. The first-order chi connectivity index (χ1) is 32.5. The molecule has 2 fully saturated rings. The predicted molar refractivity (Wildman–Crippen MR) is 243 cm³/mol. The number of piperazine rings is 1. The number of carbonyl (C=O) groups is 6. The van der Waals surface area contributed by atoms with Crippen LogP contribution in [0.2, 0.25) is 0 Å². The quantitative estimate of drug-likeness (QED) is 0.0795. The van der Waals surface area contributed by atoms with Gasteiger partial charge in [0.2, 0.25) is 17.7 Å². The molecule has 0 bridgehead atoms. The van der Waals surface area contributed by atoms with Gasteiger partial charge in [0, 0.05) is 75.5 Å². The number of nitrogens with one attached hydrogen (secondary N) is 4. The molecule has 0 spiro atoms. The van der Waals surface area contributed by atoms with Gasteiger partial charge in [-0.15, -0.1) is 0 Å². The average Bonchev–Trinajstić information content (AvgIpc) is 3.59. The topological polar surface area (TPSA) is 232 Å². The van der Waals surface area contributed by atoms with Gasteiger partial charge in [0.15, 0.2) is 5.82 Å². The number of methoxy groups -OCH3 is 1. The zero-order valence-corrected chi connectivity index (χ0v) is 36.5. The highest BCUT2D eigenvalue weighted by Gasteiger charge is 2.45. The van der Waals surface area contributed by atoms with Gasteiger partial charge in [0.05, 0.1) is 53.4 Å². The molecule has 19 heteroatoms. The van der Waals surface area contributed by atoms with Gasteiger partial charge in [0.1, 0.15) is 23.3 Å². The number of aromatic nitrogens is 3. The summed E-state index contributed by atoms with van der Waals surface area (Å²) in [5.41, 5.74) is 3.91. The Hall–Kier alpha value is -8.11. The summed E-state index contributed by atoms with van der Waals surface area (Å²) in [6, 6.07) is 19.0. The van der Waals surface area contributed by atoms with Gasteiger partial charge < -0.3 is 25.6 Å². The normalized spacial score (nSPS) is 16.0. The van der Waals surface area contributed by atoms with Crippen molar-refractivity contribution in [1.82, 2.24) is 35.4 Å². The van der Waals surface area contributed by atoms with Crippen LogP contribution in [0, 0.1) is 17.1 Å². The number of rotatable bonds is 16. The van der Waals surface area contributed by atoms with Crippen LogP contribution in [0.15, 0.2) is 85.3 Å². The number of hydrogen-bond acceptors (Lipinski definition) is 14. The lowest BCUT2D eigenvalue weighted by Crippen LogP contribution is -2.54. The van der Waals surface area contributed by atoms with Crippen LogP contribution in [0.25, 0.3) is 22.5 Å². The number of hydrogen-bond donors (Lipinski definition) is 4. The number of fused-ring (bicyclic) bond motifs is 1. The van der Waals surface area contributed by atoms with Crippen LogP contribution in [0.3, 0.4) is 0 Å². The van der Waals surface area contributed by atoms with Crippen LogP contribution in [0.1, 0.15) is 68.9 Å². The maximum absolute atomic E-state index is 14.9. The smallest absolute Gasteiger partial charge is 0.274 e. The Morgan fingerprint density at radius 3 is 2.49 bits per heavy atom. The summed E-state index contributed by atoms with van der Waals surface area (Å²) in [5, 5.41) is 21.2. The van der Waals surface area contributed by atoms with Crippen LogP contribution in [0.4, 0.5) is 21.5 Å². The molecule has 67 heavy (non-hydrogen) atoms. The standard InChI is InChI=1S/C48H46FN11O7/c1-67-39-10-6-8-33(49)43(39)44-54-20-16-36(55-44)45(63)56-34-12-11-29(32-27-51-19-15-30(32)26-50)25-38(34)59-23-21-58(22-24-59)28-41(62)53-18-4-2-3-17-52-35-9-5-7-31-42(35)48(66)60(47(31)65)37-13-14-40(61)57-46(37)64/h5-12,15-16,19-20,25,27,37,52H,2-4,13-14,17-18,21-24,28H2,1H3,(H,53,62)(H,56,63)(H,57,61,64). The lowest BCUT2D eigenvalue weighted by atomic mass is 10.0. The molecule has 6 amide bonds. The molecule has 1 unspecified atom stereocenters. The molecule has 1 atom stereocenters. The second-order valence-electron chi connectivity index (χ2n) is 16.1. The van der Waals surface area contributed by atoms with E-state index in [2.05, 4.69) is 52.1 Å². The van der Waals surface area contributed by atoms with Crippen LogP contribution >= 0.6 is 0 Å². The lowest BCUT2D eigenvalue weighted by Gasteiger charge is -2.36. The minimum absolute atomic E-state index is 0.00458. The molecule has 5 aromatic rings. The predicted octanol–water partition coefficient (Wildman–Crippen LogP) is 4.40. The van der Waals surface area contributed by atoms with E-state index in [9.17, 15) is 38.4 Å². The summed E-state index contributed by atoms with van der Waals surface area (Å²) in [6.45, 7) is 3.33. The van der Waals surface area contributed by atoms with Crippen molar-refractivity contribution >= 4 is 52.5 Å². The van der Waals surface area contributed by atoms with Gasteiger partial charge in [-0.1, -0.05) is 18.2 Å². The molecule has 3 aliphatic rings. The van der Waals surface area contributed by atoms with Crippen molar-refractivity contribution in [3.63, 3.8) is 0 Å². The van der Waals surface area contributed by atoms with Crippen LogP contribution < -0.4 is 30.9 Å². The van der Waals surface area contributed by atoms with Crippen molar-refractivity contribution in [3.05, 3.63) is 114 Å². The average molecular weight is 908 g/mol. The van der Waals surface area contributed by atoms with E-state index in [-0.39, 0.29) is 59.3 Å². The molecule has 2 saturated heterocycles. The number of pyridine rings is 1. The lowest BCUT2D eigenvalue weighted by molar-refractivity contribution is -0.136. The molecular formula is C48H46FN11O7. The van der Waals surface area contributed by atoms with E-state index in [4.69, 9.17) is 4.74 Å². The Morgan fingerprint density at radius 2 is 1.70 bits per heavy atom. The summed E-state index contributed by atoms with van der Waals surface area (Å²) in [7, 11) is 1.41. The van der Waals surface area contributed by atoms with Crippen molar-refractivity contribution in [3.8, 4) is 34.3 Å². The maximum Gasteiger partial charge on any atom is 0.274 e. The Kier molecular flexibility index (Phi) is 13.8. The summed E-state index contributed by atoms with van der Waals surface area (Å²) < 4.78 is 20.2. The van der Waals surface area contributed by atoms with Crippen molar-refractivity contribution in [2.24, 2.45) is 0 Å². The van der Waals surface area contributed by atoms with Gasteiger partial charge in [0.25, 0.3) is 17.7 Å². The van der Waals surface area contributed by atoms with Crippen molar-refractivity contribution < 1.29 is 37.9 Å². The summed E-state index contributed by atoms with van der Waals surface area (Å²) in [5.74, 6) is -3.27. The number of nitrogens with zero attached hydrogens (tertiary/aromatic N) is 7. The number of halogens is 1. The summed E-state index contributed by atoms with van der Waals surface area (Å²) in [4.78, 5) is 95.3. The molecule has 5 heterocycles. The van der Waals surface area contributed by atoms with E-state index in [0.717, 1.165) is 29.7 Å². The number of anilines is 3. The minimum atomic E-state index is -1.04. The molecule has 2 aromatic heterocycles. The highest BCUT2D eigenvalue weighted by Crippen LogP contribution is 2.36. The molecule has 4 N–H and O–H groups in total. The zero-order chi connectivity index (χ0) is 47.0. The highest BCUT2D eigenvalue weighted by molar-refractivity contribution is 6.25. The molecule has 8 rings (SSSR count). The monoisotopic (exact) mass is 907 g/mol. The fourth-order valence-electron chi connectivity index (χ4n) is 8.42. The second-order valence-corrected chi connectivity index (χ2v) is 16.1. The minimum Gasteiger partial charge on any atom is -0.496 e. The first kappa shape index (κ1) is 45.5.